The van der Waals surface area contributed by atoms with Crippen LogP contribution in [0.15, 0.2) is 24.3 Å². The number of benzene rings is 1. The molecule has 1 aliphatic heterocycles. The number of rotatable bonds is 6. The van der Waals surface area contributed by atoms with E-state index in [1.807, 2.05) is 0 Å². The minimum atomic E-state index is -0.583. The van der Waals surface area contributed by atoms with Crippen LogP contribution in [0.5, 0.6) is 0 Å². The maximum absolute atomic E-state index is 13.0. The molecule has 1 aromatic rings. The van der Waals surface area contributed by atoms with Gasteiger partial charge in [-0.3, -0.25) is 10.1 Å². The molecule has 2 rings (SSSR count). The van der Waals surface area contributed by atoms with Gasteiger partial charge in [-0.05, 0) is 49.8 Å². The Labute approximate surface area is 124 Å². The Morgan fingerprint density at radius 2 is 2.00 bits per heavy atom. The molecule has 1 amide bonds. The summed E-state index contributed by atoms with van der Waals surface area (Å²) in [5, 5.41) is 3.26. The number of carbonyl (C=O) groups excluding carboxylic acids is 1. The third-order valence-electron chi connectivity index (χ3n) is 3.97. The predicted octanol–water partition coefficient (Wildman–Crippen LogP) is 2.15. The molecule has 1 heterocycles. The highest BCUT2D eigenvalue weighted by Crippen LogP contribution is 2.22. The lowest BCUT2D eigenvalue weighted by atomic mass is 9.92. The Hall–Kier alpha value is -1.46. The molecule has 4 nitrogen and oxygen atoms in total. The quantitative estimate of drug-likeness (QED) is 0.845. The highest BCUT2D eigenvalue weighted by atomic mass is 19.1. The summed E-state index contributed by atoms with van der Waals surface area (Å²) in [6.45, 7) is 3.68. The Kier molecular flexibility index (Phi) is 5.70. The van der Waals surface area contributed by atoms with Crippen LogP contribution in [0, 0.1) is 11.7 Å². The molecule has 0 unspecified atom stereocenters. The average Bonchev–Trinajstić information content (AvgIpc) is 2.47. The molecular formula is C16H23FN2O2. The summed E-state index contributed by atoms with van der Waals surface area (Å²) in [4.78, 5) is 11.7. The smallest absolute Gasteiger partial charge is 0.239 e. The van der Waals surface area contributed by atoms with E-state index in [1.165, 1.54) is 12.1 Å². The summed E-state index contributed by atoms with van der Waals surface area (Å²) in [6, 6.07) is 5.46. The highest BCUT2D eigenvalue weighted by Gasteiger charge is 2.22. The number of nitrogens with one attached hydrogen (secondary N) is 1. The number of carbonyl (C=O) groups is 1. The first-order valence-corrected chi connectivity index (χ1v) is 7.45. The van der Waals surface area contributed by atoms with Crippen LogP contribution in [-0.2, 0) is 9.53 Å². The van der Waals surface area contributed by atoms with Crippen molar-refractivity contribution in [1.29, 1.82) is 0 Å². The van der Waals surface area contributed by atoms with E-state index in [0.29, 0.717) is 11.5 Å². The van der Waals surface area contributed by atoms with E-state index in [9.17, 15) is 9.18 Å². The monoisotopic (exact) mass is 294 g/mol. The van der Waals surface area contributed by atoms with Crippen LogP contribution in [0.25, 0.3) is 0 Å². The van der Waals surface area contributed by atoms with Crippen molar-refractivity contribution in [2.75, 3.05) is 13.2 Å². The number of halogens is 1. The molecule has 1 fully saturated rings. The van der Waals surface area contributed by atoms with E-state index < -0.39 is 11.9 Å². The number of ether oxygens (including phenoxy) is 1. The summed E-state index contributed by atoms with van der Waals surface area (Å²) >= 11 is 0. The lowest BCUT2D eigenvalue weighted by molar-refractivity contribution is -0.120. The Morgan fingerprint density at radius 3 is 2.57 bits per heavy atom. The number of nitrogens with two attached hydrogens (primary N) is 1. The minimum absolute atomic E-state index is 0.163. The molecule has 0 aromatic heterocycles. The molecule has 0 aliphatic carbocycles. The molecular weight excluding hydrogens is 271 g/mol. The van der Waals surface area contributed by atoms with Gasteiger partial charge in [0.1, 0.15) is 11.9 Å². The standard InChI is InChI=1S/C16H23FN2O2/c1-11(10-12-6-8-21-9-7-12)19-15(16(18)20)13-2-4-14(17)5-3-13/h2-5,11-12,15,19H,6-10H2,1H3,(H2,18,20)/t11-,15+/m0/s1. The summed E-state index contributed by atoms with van der Waals surface area (Å²) in [6.07, 6.45) is 3.10. The molecule has 0 radical (unpaired) electrons. The topological polar surface area (TPSA) is 64.3 Å². The van der Waals surface area contributed by atoms with E-state index in [4.69, 9.17) is 10.5 Å². The first-order chi connectivity index (χ1) is 10.1. The van der Waals surface area contributed by atoms with Crippen molar-refractivity contribution in [2.24, 2.45) is 11.7 Å². The first-order valence-electron chi connectivity index (χ1n) is 7.45. The van der Waals surface area contributed by atoms with Gasteiger partial charge in [0.05, 0.1) is 0 Å². The van der Waals surface area contributed by atoms with Crippen molar-refractivity contribution in [1.82, 2.24) is 5.32 Å². The fraction of sp³-hybridized carbons (Fsp3) is 0.562. The van der Waals surface area contributed by atoms with E-state index in [0.717, 1.165) is 32.5 Å². The molecule has 1 aromatic carbocycles. The fourth-order valence-corrected chi connectivity index (χ4v) is 2.83. The van der Waals surface area contributed by atoms with Gasteiger partial charge in [-0.2, -0.15) is 0 Å². The summed E-state index contributed by atoms with van der Waals surface area (Å²) in [5.41, 5.74) is 6.17. The number of hydrogen-bond acceptors (Lipinski definition) is 3. The third-order valence-corrected chi connectivity index (χ3v) is 3.97. The van der Waals surface area contributed by atoms with Crippen molar-refractivity contribution >= 4 is 5.91 Å². The van der Waals surface area contributed by atoms with E-state index >= 15 is 0 Å². The van der Waals surface area contributed by atoms with Gasteiger partial charge in [0.25, 0.3) is 0 Å². The second-order valence-electron chi connectivity index (χ2n) is 5.75. The molecule has 0 spiro atoms. The van der Waals surface area contributed by atoms with Crippen LogP contribution in [0.3, 0.4) is 0 Å². The van der Waals surface area contributed by atoms with E-state index in [-0.39, 0.29) is 11.9 Å². The second kappa shape index (κ2) is 7.52. The molecule has 21 heavy (non-hydrogen) atoms. The van der Waals surface area contributed by atoms with Gasteiger partial charge >= 0.3 is 0 Å². The van der Waals surface area contributed by atoms with Crippen LogP contribution in [-0.4, -0.2) is 25.2 Å². The largest absolute Gasteiger partial charge is 0.381 e. The molecule has 0 bridgehead atoms. The van der Waals surface area contributed by atoms with Crippen LogP contribution < -0.4 is 11.1 Å². The maximum atomic E-state index is 13.0. The van der Waals surface area contributed by atoms with Crippen molar-refractivity contribution in [3.63, 3.8) is 0 Å². The predicted molar refractivity (Wildman–Crippen MR) is 79.1 cm³/mol. The van der Waals surface area contributed by atoms with Crippen molar-refractivity contribution in [2.45, 2.75) is 38.3 Å². The average molecular weight is 294 g/mol. The number of hydrogen-bond donors (Lipinski definition) is 2. The van der Waals surface area contributed by atoms with Crippen LogP contribution in [0.4, 0.5) is 4.39 Å². The van der Waals surface area contributed by atoms with Gasteiger partial charge in [0, 0.05) is 19.3 Å². The maximum Gasteiger partial charge on any atom is 0.239 e. The number of amides is 1. The zero-order valence-corrected chi connectivity index (χ0v) is 12.3. The zero-order valence-electron chi connectivity index (χ0n) is 12.3. The summed E-state index contributed by atoms with van der Waals surface area (Å²) in [5.74, 6) is -0.152. The zero-order chi connectivity index (χ0) is 15.2. The van der Waals surface area contributed by atoms with E-state index in [2.05, 4.69) is 12.2 Å². The normalized spacial score (nSPS) is 19.1. The lowest BCUT2D eigenvalue weighted by Crippen LogP contribution is -2.40. The third kappa shape index (κ3) is 4.79. The van der Waals surface area contributed by atoms with Gasteiger partial charge in [0.2, 0.25) is 5.91 Å². The van der Waals surface area contributed by atoms with Crippen molar-refractivity contribution in [3.8, 4) is 0 Å². The molecule has 1 saturated heterocycles. The van der Waals surface area contributed by atoms with Crippen molar-refractivity contribution < 1.29 is 13.9 Å². The Balaban J connectivity index is 1.95. The molecule has 2 atom stereocenters. The molecule has 5 heteroatoms. The second-order valence-corrected chi connectivity index (χ2v) is 5.75. The van der Waals surface area contributed by atoms with Gasteiger partial charge in [-0.15, -0.1) is 0 Å². The van der Waals surface area contributed by atoms with Crippen LogP contribution in [0.2, 0.25) is 0 Å². The lowest BCUT2D eigenvalue weighted by Gasteiger charge is -2.27. The molecule has 116 valence electrons. The van der Waals surface area contributed by atoms with Gasteiger partial charge in [-0.1, -0.05) is 12.1 Å². The fourth-order valence-electron chi connectivity index (χ4n) is 2.83. The minimum Gasteiger partial charge on any atom is -0.381 e. The molecule has 1 aliphatic rings. The van der Waals surface area contributed by atoms with Gasteiger partial charge < -0.3 is 10.5 Å². The van der Waals surface area contributed by atoms with Crippen molar-refractivity contribution in [3.05, 3.63) is 35.6 Å². The van der Waals surface area contributed by atoms with Gasteiger partial charge in [0.15, 0.2) is 0 Å². The van der Waals surface area contributed by atoms with E-state index in [1.54, 1.807) is 12.1 Å². The first kappa shape index (κ1) is 15.9. The summed E-state index contributed by atoms with van der Waals surface area (Å²) in [7, 11) is 0. The number of primary amides is 1. The SMILES string of the molecule is C[C@@H](CC1CCOCC1)N[C@@H](C(N)=O)c1ccc(F)cc1. The Bertz CT molecular complexity index is 458. The van der Waals surface area contributed by atoms with Crippen LogP contribution >= 0.6 is 0 Å². The Morgan fingerprint density at radius 1 is 1.38 bits per heavy atom. The highest BCUT2D eigenvalue weighted by molar-refractivity contribution is 5.81. The molecule has 0 saturated carbocycles. The van der Waals surface area contributed by atoms with Gasteiger partial charge in [-0.25, -0.2) is 4.39 Å². The molecule has 3 N–H and O–H groups in total. The van der Waals surface area contributed by atoms with Crippen LogP contribution in [0.1, 0.15) is 37.8 Å². The summed E-state index contributed by atoms with van der Waals surface area (Å²) < 4.78 is 18.3.